The first-order valence-corrected chi connectivity index (χ1v) is 9.63. The van der Waals surface area contributed by atoms with Crippen molar-refractivity contribution in [3.05, 3.63) is 0 Å². The Bertz CT molecular complexity index is 361. The Morgan fingerprint density at radius 3 is 2.50 bits per heavy atom. The van der Waals surface area contributed by atoms with Gasteiger partial charge in [0.2, 0.25) is 10.0 Å². The summed E-state index contributed by atoms with van der Waals surface area (Å²) in [5.41, 5.74) is 0. The van der Waals surface area contributed by atoms with Gasteiger partial charge in [0, 0.05) is 12.6 Å². The summed E-state index contributed by atoms with van der Waals surface area (Å²) in [6.45, 7) is 1.82. The number of hydrogen-bond acceptors (Lipinski definition) is 4. The lowest BCUT2D eigenvalue weighted by Crippen LogP contribution is -2.43. The number of ether oxygens (including phenoxy) is 1. The average molecular weight is 304 g/mol. The Kier molecular flexibility index (Phi) is 6.74. The molecule has 2 aliphatic rings. The minimum Gasteiger partial charge on any atom is -0.377 e. The zero-order chi connectivity index (χ0) is 14.3. The highest BCUT2D eigenvalue weighted by Crippen LogP contribution is 2.19. The van der Waals surface area contributed by atoms with Crippen molar-refractivity contribution in [1.82, 2.24) is 10.0 Å². The number of piperidine rings is 1. The van der Waals surface area contributed by atoms with Gasteiger partial charge in [-0.15, -0.1) is 0 Å². The summed E-state index contributed by atoms with van der Waals surface area (Å²) < 4.78 is 32.3. The van der Waals surface area contributed by atoms with Gasteiger partial charge in [-0.05, 0) is 32.2 Å². The van der Waals surface area contributed by atoms with Gasteiger partial charge >= 0.3 is 0 Å². The van der Waals surface area contributed by atoms with Gasteiger partial charge in [-0.2, -0.15) is 0 Å². The fraction of sp³-hybridized carbons (Fsp3) is 1.00. The van der Waals surface area contributed by atoms with Crippen LogP contribution in [0.4, 0.5) is 0 Å². The molecule has 1 atom stereocenters. The van der Waals surface area contributed by atoms with Crippen LogP contribution in [0.1, 0.15) is 51.4 Å². The van der Waals surface area contributed by atoms with E-state index in [4.69, 9.17) is 4.74 Å². The Morgan fingerprint density at radius 1 is 1.05 bits per heavy atom. The minimum absolute atomic E-state index is 0.112. The molecule has 1 saturated carbocycles. The molecule has 0 radical (unpaired) electrons. The summed E-state index contributed by atoms with van der Waals surface area (Å²) in [6.07, 6.45) is 9.61. The third-order valence-electron chi connectivity index (χ3n) is 4.16. The predicted molar refractivity (Wildman–Crippen MR) is 80.3 cm³/mol. The largest absolute Gasteiger partial charge is 0.377 e. The van der Waals surface area contributed by atoms with Crippen molar-refractivity contribution in [1.29, 1.82) is 0 Å². The quantitative estimate of drug-likeness (QED) is 0.698. The molecule has 2 fully saturated rings. The molecule has 1 unspecified atom stereocenters. The molecule has 20 heavy (non-hydrogen) atoms. The number of hydrogen-bond donors (Lipinski definition) is 2. The van der Waals surface area contributed by atoms with E-state index in [2.05, 4.69) is 10.0 Å². The predicted octanol–water partition coefficient (Wildman–Crippen LogP) is 1.40. The molecular formula is C14H28N2O3S. The molecule has 1 aliphatic heterocycles. The highest BCUT2D eigenvalue weighted by Gasteiger charge is 2.20. The number of nitrogens with one attached hydrogen (secondary N) is 2. The number of rotatable bonds is 7. The van der Waals surface area contributed by atoms with Crippen LogP contribution < -0.4 is 10.0 Å². The van der Waals surface area contributed by atoms with E-state index >= 15 is 0 Å². The van der Waals surface area contributed by atoms with Crippen LogP contribution in [0, 0.1) is 0 Å². The molecule has 0 amide bonds. The molecule has 118 valence electrons. The van der Waals surface area contributed by atoms with Gasteiger partial charge in [0.05, 0.1) is 18.5 Å². The first-order valence-electron chi connectivity index (χ1n) is 7.98. The monoisotopic (exact) mass is 304 g/mol. The van der Waals surface area contributed by atoms with E-state index in [1.54, 1.807) is 0 Å². The second kappa shape index (κ2) is 8.32. The summed E-state index contributed by atoms with van der Waals surface area (Å²) in [5, 5.41) is 3.27. The summed E-state index contributed by atoms with van der Waals surface area (Å²) in [4.78, 5) is 0. The van der Waals surface area contributed by atoms with Gasteiger partial charge in [-0.3, -0.25) is 0 Å². The van der Waals surface area contributed by atoms with Crippen LogP contribution in [0.2, 0.25) is 0 Å². The SMILES string of the molecule is O=S(=O)(CC1CCCCN1)NCCOC1CCCCC1. The summed E-state index contributed by atoms with van der Waals surface area (Å²) in [7, 11) is -3.18. The van der Waals surface area contributed by atoms with Crippen LogP contribution >= 0.6 is 0 Å². The molecule has 0 bridgehead atoms. The molecule has 1 saturated heterocycles. The molecule has 0 aromatic heterocycles. The van der Waals surface area contributed by atoms with E-state index in [1.807, 2.05) is 0 Å². The lowest BCUT2D eigenvalue weighted by molar-refractivity contribution is 0.0321. The smallest absolute Gasteiger partial charge is 0.213 e. The van der Waals surface area contributed by atoms with Gasteiger partial charge in [0.1, 0.15) is 0 Å². The second-order valence-corrected chi connectivity index (χ2v) is 7.80. The summed E-state index contributed by atoms with van der Waals surface area (Å²) in [6, 6.07) is 0.112. The Labute approximate surface area is 122 Å². The third-order valence-corrected chi connectivity index (χ3v) is 5.65. The van der Waals surface area contributed by atoms with E-state index in [1.165, 1.54) is 19.3 Å². The van der Waals surface area contributed by atoms with Crippen molar-refractivity contribution in [3.63, 3.8) is 0 Å². The van der Waals surface area contributed by atoms with Crippen LogP contribution in [0.5, 0.6) is 0 Å². The lowest BCUT2D eigenvalue weighted by Gasteiger charge is -2.24. The molecule has 6 heteroatoms. The van der Waals surface area contributed by atoms with Crippen LogP contribution in [-0.4, -0.2) is 46.0 Å². The summed E-state index contributed by atoms with van der Waals surface area (Å²) in [5.74, 6) is 0.191. The van der Waals surface area contributed by atoms with Crippen molar-refractivity contribution in [2.45, 2.75) is 63.5 Å². The fourth-order valence-electron chi connectivity index (χ4n) is 3.04. The van der Waals surface area contributed by atoms with E-state index in [9.17, 15) is 8.42 Å². The summed E-state index contributed by atoms with van der Waals surface area (Å²) >= 11 is 0. The van der Waals surface area contributed by atoms with Crippen molar-refractivity contribution in [2.24, 2.45) is 0 Å². The van der Waals surface area contributed by atoms with E-state index in [0.29, 0.717) is 19.3 Å². The highest BCUT2D eigenvalue weighted by atomic mass is 32.2. The highest BCUT2D eigenvalue weighted by molar-refractivity contribution is 7.89. The average Bonchev–Trinajstić information content (AvgIpc) is 2.45. The maximum Gasteiger partial charge on any atom is 0.213 e. The van der Waals surface area contributed by atoms with E-state index in [0.717, 1.165) is 38.6 Å². The van der Waals surface area contributed by atoms with Gasteiger partial charge < -0.3 is 10.1 Å². The van der Waals surface area contributed by atoms with Gasteiger partial charge in [-0.25, -0.2) is 13.1 Å². The molecule has 1 heterocycles. The van der Waals surface area contributed by atoms with Crippen molar-refractivity contribution < 1.29 is 13.2 Å². The van der Waals surface area contributed by atoms with Gasteiger partial charge in [0.15, 0.2) is 0 Å². The normalized spacial score (nSPS) is 25.7. The molecule has 5 nitrogen and oxygen atoms in total. The Hall–Kier alpha value is -0.170. The molecular weight excluding hydrogens is 276 g/mol. The van der Waals surface area contributed by atoms with Crippen molar-refractivity contribution >= 4 is 10.0 Å². The maximum absolute atomic E-state index is 11.9. The molecule has 2 N–H and O–H groups in total. The molecule has 0 spiro atoms. The van der Waals surface area contributed by atoms with E-state index < -0.39 is 10.0 Å². The van der Waals surface area contributed by atoms with Crippen LogP contribution in [-0.2, 0) is 14.8 Å². The standard InChI is InChI=1S/C14H28N2O3S/c17-20(18,12-13-6-4-5-9-15-13)16-10-11-19-14-7-2-1-3-8-14/h13-16H,1-12H2. The van der Waals surface area contributed by atoms with Crippen LogP contribution in [0.25, 0.3) is 0 Å². The first kappa shape index (κ1) is 16.2. The van der Waals surface area contributed by atoms with E-state index in [-0.39, 0.29) is 11.8 Å². The fourth-order valence-corrected chi connectivity index (χ4v) is 4.37. The van der Waals surface area contributed by atoms with Crippen LogP contribution in [0.15, 0.2) is 0 Å². The minimum atomic E-state index is -3.18. The van der Waals surface area contributed by atoms with Gasteiger partial charge in [-0.1, -0.05) is 25.7 Å². The number of sulfonamides is 1. The molecule has 1 aliphatic carbocycles. The van der Waals surface area contributed by atoms with Crippen molar-refractivity contribution in [3.8, 4) is 0 Å². The maximum atomic E-state index is 11.9. The van der Waals surface area contributed by atoms with Crippen LogP contribution in [0.3, 0.4) is 0 Å². The molecule has 0 aromatic carbocycles. The Morgan fingerprint density at radius 2 is 1.80 bits per heavy atom. The lowest BCUT2D eigenvalue weighted by atomic mass is 9.98. The zero-order valence-corrected chi connectivity index (χ0v) is 13.1. The topological polar surface area (TPSA) is 67.4 Å². The first-order chi connectivity index (χ1) is 9.66. The van der Waals surface area contributed by atoms with Crippen molar-refractivity contribution in [2.75, 3.05) is 25.4 Å². The zero-order valence-electron chi connectivity index (χ0n) is 12.3. The molecule has 2 rings (SSSR count). The Balaban J connectivity index is 1.59. The third kappa shape index (κ3) is 6.08. The van der Waals surface area contributed by atoms with Gasteiger partial charge in [0.25, 0.3) is 0 Å². The molecule has 0 aromatic rings. The second-order valence-electron chi connectivity index (χ2n) is 5.95.